The number of hydrogen-bond acceptors (Lipinski definition) is 7. The average molecular weight is 345 g/mol. The van der Waals surface area contributed by atoms with E-state index in [-0.39, 0.29) is 35.1 Å². The van der Waals surface area contributed by atoms with Crippen LogP contribution < -0.4 is 5.32 Å². The molecule has 1 aromatic carbocycles. The van der Waals surface area contributed by atoms with E-state index in [1.54, 1.807) is 18.2 Å². The molecule has 3 aliphatic rings. The maximum Gasteiger partial charge on any atom is 0.339 e. The number of ether oxygens (including phenoxy) is 2. The van der Waals surface area contributed by atoms with Gasteiger partial charge in [-0.2, -0.15) is 0 Å². The Balaban J connectivity index is 1.67. The minimum atomic E-state index is -2.41. The van der Waals surface area contributed by atoms with Crippen molar-refractivity contribution < 1.29 is 29.3 Å². The summed E-state index contributed by atoms with van der Waals surface area (Å²) in [6.07, 6.45) is 1.52. The van der Waals surface area contributed by atoms with Crippen LogP contribution >= 0.6 is 0 Å². The van der Waals surface area contributed by atoms with E-state index in [2.05, 4.69) is 5.32 Å². The summed E-state index contributed by atoms with van der Waals surface area (Å²) >= 11 is 0. The van der Waals surface area contributed by atoms with Gasteiger partial charge in [-0.3, -0.25) is 4.79 Å². The van der Waals surface area contributed by atoms with E-state index in [1.165, 1.54) is 13.0 Å². The first-order valence-electron chi connectivity index (χ1n) is 8.27. The molecule has 4 rings (SSSR count). The molecule has 7 nitrogen and oxygen atoms in total. The molecular formula is C18H19NO6. The number of nitrogens with one attached hydrogen (secondary N) is 1. The SMILES string of the molecule is CC1=C(C(=O)OC[C@@H]2CCCO2)[C@]2(O)C(=O)c3ccccc3[C@@]2(O)N1. The van der Waals surface area contributed by atoms with Crippen molar-refractivity contribution in [2.24, 2.45) is 0 Å². The Hall–Kier alpha value is -2.22. The highest BCUT2D eigenvalue weighted by atomic mass is 16.6. The van der Waals surface area contributed by atoms with Crippen molar-refractivity contribution in [3.05, 3.63) is 46.7 Å². The van der Waals surface area contributed by atoms with Crippen LogP contribution in [0.2, 0.25) is 0 Å². The molecule has 0 aromatic heterocycles. The lowest BCUT2D eigenvalue weighted by molar-refractivity contribution is -0.149. The van der Waals surface area contributed by atoms with Crippen LogP contribution in [0.25, 0.3) is 0 Å². The number of aliphatic hydroxyl groups is 2. The molecule has 2 aliphatic heterocycles. The van der Waals surface area contributed by atoms with E-state index in [0.29, 0.717) is 6.61 Å². The number of carbonyl (C=O) groups is 2. The molecular weight excluding hydrogens is 326 g/mol. The van der Waals surface area contributed by atoms with Gasteiger partial charge in [0, 0.05) is 23.4 Å². The average Bonchev–Trinajstić information content (AvgIpc) is 3.22. The highest BCUT2D eigenvalue weighted by Crippen LogP contribution is 2.51. The second-order valence-corrected chi connectivity index (χ2v) is 6.65. The van der Waals surface area contributed by atoms with Gasteiger partial charge in [-0.25, -0.2) is 4.79 Å². The zero-order valence-electron chi connectivity index (χ0n) is 13.7. The molecule has 0 unspecified atom stereocenters. The van der Waals surface area contributed by atoms with E-state index in [0.717, 1.165) is 12.8 Å². The third-order valence-corrected chi connectivity index (χ3v) is 5.15. The summed E-state index contributed by atoms with van der Waals surface area (Å²) in [7, 11) is 0. The second-order valence-electron chi connectivity index (χ2n) is 6.65. The lowest BCUT2D eigenvalue weighted by atomic mass is 9.85. The van der Waals surface area contributed by atoms with Gasteiger partial charge in [-0.1, -0.05) is 24.3 Å². The van der Waals surface area contributed by atoms with E-state index in [4.69, 9.17) is 9.47 Å². The Bertz CT molecular complexity index is 797. The van der Waals surface area contributed by atoms with Gasteiger partial charge < -0.3 is 25.0 Å². The summed E-state index contributed by atoms with van der Waals surface area (Å²) in [6.45, 7) is 2.20. The van der Waals surface area contributed by atoms with Gasteiger partial charge in [-0.15, -0.1) is 0 Å². The van der Waals surface area contributed by atoms with E-state index < -0.39 is 23.1 Å². The number of rotatable bonds is 3. The number of benzene rings is 1. The zero-order valence-corrected chi connectivity index (χ0v) is 13.7. The minimum absolute atomic E-state index is 0.0469. The van der Waals surface area contributed by atoms with Crippen molar-refractivity contribution in [2.45, 2.75) is 37.2 Å². The maximum absolute atomic E-state index is 12.8. The van der Waals surface area contributed by atoms with Crippen LogP contribution in [-0.4, -0.2) is 46.9 Å². The normalized spacial score (nSPS) is 33.2. The number of fused-ring (bicyclic) bond motifs is 3. The van der Waals surface area contributed by atoms with Crippen molar-refractivity contribution in [3.63, 3.8) is 0 Å². The Labute approximate surface area is 144 Å². The van der Waals surface area contributed by atoms with Gasteiger partial charge in [0.15, 0.2) is 0 Å². The van der Waals surface area contributed by atoms with Gasteiger partial charge in [0.1, 0.15) is 12.2 Å². The molecule has 1 aromatic rings. The molecule has 0 saturated carbocycles. The van der Waals surface area contributed by atoms with Crippen LogP contribution in [0.5, 0.6) is 0 Å². The molecule has 2 heterocycles. The molecule has 132 valence electrons. The highest BCUT2D eigenvalue weighted by molar-refractivity contribution is 6.16. The van der Waals surface area contributed by atoms with Gasteiger partial charge in [0.25, 0.3) is 0 Å². The summed E-state index contributed by atoms with van der Waals surface area (Å²) in [5.74, 6) is -1.56. The summed E-state index contributed by atoms with van der Waals surface area (Å²) in [4.78, 5) is 25.4. The van der Waals surface area contributed by atoms with Crippen LogP contribution in [0, 0.1) is 0 Å². The number of ketones is 1. The van der Waals surface area contributed by atoms with Crippen molar-refractivity contribution in [2.75, 3.05) is 13.2 Å². The predicted octanol–water partition coefficient (Wildman–Crippen LogP) is 0.358. The second kappa shape index (κ2) is 5.39. The predicted molar refractivity (Wildman–Crippen MR) is 85.4 cm³/mol. The molecule has 7 heteroatoms. The molecule has 1 aliphatic carbocycles. The van der Waals surface area contributed by atoms with Crippen LogP contribution in [-0.2, 0) is 20.0 Å². The molecule has 0 radical (unpaired) electrons. The smallest absolute Gasteiger partial charge is 0.339 e. The summed E-state index contributed by atoms with van der Waals surface area (Å²) in [6, 6.07) is 6.35. The minimum Gasteiger partial charge on any atom is -0.459 e. The summed E-state index contributed by atoms with van der Waals surface area (Å²) < 4.78 is 10.7. The largest absolute Gasteiger partial charge is 0.459 e. The number of Topliss-reactive ketones (excluding diaryl/α,β-unsaturated/α-hetero) is 1. The van der Waals surface area contributed by atoms with Crippen molar-refractivity contribution in [1.29, 1.82) is 0 Å². The van der Waals surface area contributed by atoms with E-state index >= 15 is 0 Å². The molecule has 1 fully saturated rings. The third kappa shape index (κ3) is 2.03. The van der Waals surface area contributed by atoms with Crippen molar-refractivity contribution >= 4 is 11.8 Å². The van der Waals surface area contributed by atoms with E-state index in [9.17, 15) is 19.8 Å². The maximum atomic E-state index is 12.8. The van der Waals surface area contributed by atoms with Crippen molar-refractivity contribution in [1.82, 2.24) is 5.32 Å². The molecule has 0 bridgehead atoms. The van der Waals surface area contributed by atoms with Crippen molar-refractivity contribution in [3.8, 4) is 0 Å². The fourth-order valence-electron chi connectivity index (χ4n) is 3.93. The lowest BCUT2D eigenvalue weighted by Gasteiger charge is -2.32. The topological polar surface area (TPSA) is 105 Å². The molecule has 0 spiro atoms. The summed E-state index contributed by atoms with van der Waals surface area (Å²) in [5, 5.41) is 24.9. The first-order chi connectivity index (χ1) is 11.9. The van der Waals surface area contributed by atoms with Crippen LogP contribution in [0.15, 0.2) is 35.5 Å². The lowest BCUT2D eigenvalue weighted by Crippen LogP contribution is -2.56. The quantitative estimate of drug-likeness (QED) is 0.679. The van der Waals surface area contributed by atoms with Gasteiger partial charge in [0.2, 0.25) is 17.1 Å². The first kappa shape index (κ1) is 16.3. The Morgan fingerprint density at radius 3 is 2.88 bits per heavy atom. The number of esters is 1. The Morgan fingerprint density at radius 2 is 2.16 bits per heavy atom. The molecule has 0 amide bonds. The summed E-state index contributed by atoms with van der Waals surface area (Å²) in [5.41, 5.74) is -4.11. The molecule has 25 heavy (non-hydrogen) atoms. The third-order valence-electron chi connectivity index (χ3n) is 5.15. The van der Waals surface area contributed by atoms with Crippen LogP contribution in [0.3, 0.4) is 0 Å². The molecule has 3 atom stereocenters. The van der Waals surface area contributed by atoms with E-state index in [1.807, 2.05) is 0 Å². The van der Waals surface area contributed by atoms with Crippen LogP contribution in [0.1, 0.15) is 35.7 Å². The molecule has 1 saturated heterocycles. The highest BCUT2D eigenvalue weighted by Gasteiger charge is 2.70. The molecule has 3 N–H and O–H groups in total. The van der Waals surface area contributed by atoms with Gasteiger partial charge in [-0.05, 0) is 19.8 Å². The van der Waals surface area contributed by atoms with Gasteiger partial charge >= 0.3 is 5.97 Å². The number of carbonyl (C=O) groups excluding carboxylic acids is 2. The van der Waals surface area contributed by atoms with Gasteiger partial charge in [0.05, 0.1) is 6.10 Å². The van der Waals surface area contributed by atoms with Crippen LogP contribution in [0.4, 0.5) is 0 Å². The Kier molecular flexibility index (Phi) is 3.50. The Morgan fingerprint density at radius 1 is 1.40 bits per heavy atom. The first-order valence-corrected chi connectivity index (χ1v) is 8.27. The number of hydrogen-bond donors (Lipinski definition) is 3. The number of allylic oxidation sites excluding steroid dienone is 1. The fraction of sp³-hybridized carbons (Fsp3) is 0.444. The monoisotopic (exact) mass is 345 g/mol. The fourth-order valence-corrected chi connectivity index (χ4v) is 3.93. The standard InChI is InChI=1S/C18H19NO6/c1-10-14(16(21)25-9-11-5-4-8-24-11)17(22)15(20)12-6-2-3-7-13(12)18(17,23)19-10/h2-3,6-7,11,19,22-23H,4-5,8-9H2,1H3/t11-,17-,18-/m0/s1. The zero-order chi connectivity index (χ0) is 17.8.